The molecule has 0 saturated heterocycles. The lowest BCUT2D eigenvalue weighted by molar-refractivity contribution is -0.384. The van der Waals surface area contributed by atoms with E-state index in [1.54, 1.807) is 24.5 Å². The van der Waals surface area contributed by atoms with Crippen molar-refractivity contribution >= 4 is 29.5 Å². The number of nitro benzene ring substituents is 1. The van der Waals surface area contributed by atoms with Crippen molar-refractivity contribution in [3.05, 3.63) is 158 Å². The summed E-state index contributed by atoms with van der Waals surface area (Å²) in [6.07, 6.45) is 10.4. The number of hydrogen-bond acceptors (Lipinski definition) is 6. The molecule has 0 spiro atoms. The largest absolute Gasteiger partial charge is 0.269 e. The maximum Gasteiger partial charge on any atom is 0.269 e. The molecule has 3 aromatic carbocycles. The number of nitrogens with zero attached hydrogens (tertiary/aromatic N) is 5. The summed E-state index contributed by atoms with van der Waals surface area (Å²) >= 11 is 0. The Morgan fingerprint density at radius 3 is 1.37 bits per heavy atom. The van der Waals surface area contributed by atoms with E-state index in [-0.39, 0.29) is 16.5 Å². The summed E-state index contributed by atoms with van der Waals surface area (Å²) < 4.78 is 0. The van der Waals surface area contributed by atoms with Crippen molar-refractivity contribution in [2.75, 3.05) is 0 Å². The molecule has 232 valence electrons. The molecule has 2 heterocycles. The monoisotopic (exact) mass is 609 g/mol. The molecule has 0 atom stereocenters. The molecule has 0 unspecified atom stereocenters. The SMILES string of the molecule is CCc1cc(C(c2ccc([N+](=O)[O-])cc2)c2cc(CC)c(N=Cc3ccccn3)c(CC)c2)cc(CC)c1N=Cc1ccccn1. The number of aryl methyl sites for hydroxylation is 4. The highest BCUT2D eigenvalue weighted by molar-refractivity contribution is 5.81. The molecule has 0 bridgehead atoms. The van der Waals surface area contributed by atoms with Crippen molar-refractivity contribution in [1.82, 2.24) is 9.97 Å². The molecule has 46 heavy (non-hydrogen) atoms. The van der Waals surface area contributed by atoms with E-state index in [0.717, 1.165) is 87.4 Å². The summed E-state index contributed by atoms with van der Waals surface area (Å²) in [6, 6.07) is 27.6. The van der Waals surface area contributed by atoms with E-state index in [0.29, 0.717) is 0 Å². The first kappa shape index (κ1) is 32.1. The van der Waals surface area contributed by atoms with Crippen LogP contribution >= 0.6 is 0 Å². The second kappa shape index (κ2) is 15.1. The second-order valence-electron chi connectivity index (χ2n) is 11.1. The Morgan fingerprint density at radius 1 is 0.630 bits per heavy atom. The van der Waals surface area contributed by atoms with E-state index in [4.69, 9.17) is 9.98 Å². The summed E-state index contributed by atoms with van der Waals surface area (Å²) in [5.74, 6) is -0.144. The fraction of sp³-hybridized carbons (Fsp3) is 0.231. The second-order valence-corrected chi connectivity index (χ2v) is 11.1. The molecule has 0 aliphatic carbocycles. The summed E-state index contributed by atoms with van der Waals surface area (Å²) in [4.78, 5) is 29.8. The van der Waals surface area contributed by atoms with Gasteiger partial charge in [0.15, 0.2) is 0 Å². The Hall–Kier alpha value is -5.30. The lowest BCUT2D eigenvalue weighted by Gasteiger charge is -2.24. The highest BCUT2D eigenvalue weighted by Gasteiger charge is 2.23. The molecule has 0 radical (unpaired) electrons. The van der Waals surface area contributed by atoms with E-state index >= 15 is 0 Å². The third-order valence-electron chi connectivity index (χ3n) is 8.24. The van der Waals surface area contributed by atoms with Gasteiger partial charge in [-0.3, -0.25) is 30.1 Å². The Labute approximate surface area is 271 Å². The van der Waals surface area contributed by atoms with Crippen LogP contribution in [0.25, 0.3) is 0 Å². The van der Waals surface area contributed by atoms with Crippen LogP contribution in [0.1, 0.15) is 83.9 Å². The molecule has 0 aliphatic rings. The van der Waals surface area contributed by atoms with Gasteiger partial charge in [0.2, 0.25) is 0 Å². The number of benzene rings is 3. The Bertz CT molecular complexity index is 1690. The summed E-state index contributed by atoms with van der Waals surface area (Å²) in [6.45, 7) is 8.60. The molecule has 2 aromatic heterocycles. The summed E-state index contributed by atoms with van der Waals surface area (Å²) in [5, 5.41) is 11.5. The smallest absolute Gasteiger partial charge is 0.258 e. The van der Waals surface area contributed by atoms with Gasteiger partial charge in [0.05, 0.1) is 40.1 Å². The molecule has 5 aromatic rings. The standard InChI is InChI=1S/C39H39N5O2/c1-5-27-21-32(22-28(6-2)38(27)42-25-34-13-9-11-19-40-34)37(31-15-17-36(18-16-31)44(45)46)33-23-29(7-3)39(30(8-4)24-33)43-26-35-14-10-12-20-41-35/h9-26,37H,5-8H2,1-4H3. The van der Waals surface area contributed by atoms with Crippen LogP contribution in [0.4, 0.5) is 17.1 Å². The number of rotatable bonds is 12. The van der Waals surface area contributed by atoms with Crippen molar-refractivity contribution in [2.45, 2.75) is 59.3 Å². The number of aliphatic imine (C=N–C) groups is 2. The maximum absolute atomic E-state index is 11.5. The van der Waals surface area contributed by atoms with E-state index in [1.807, 2.05) is 61.0 Å². The minimum atomic E-state index is -0.351. The van der Waals surface area contributed by atoms with Crippen LogP contribution in [0.2, 0.25) is 0 Å². The molecule has 0 fully saturated rings. The number of pyridine rings is 2. The fourth-order valence-corrected chi connectivity index (χ4v) is 5.85. The first-order valence-electron chi connectivity index (χ1n) is 15.9. The molecule has 7 heteroatoms. The zero-order valence-electron chi connectivity index (χ0n) is 26.9. The first-order valence-corrected chi connectivity index (χ1v) is 15.9. The van der Waals surface area contributed by atoms with Crippen LogP contribution in [-0.4, -0.2) is 27.3 Å². The highest BCUT2D eigenvalue weighted by Crippen LogP contribution is 2.40. The average molecular weight is 610 g/mol. The van der Waals surface area contributed by atoms with Gasteiger partial charge >= 0.3 is 0 Å². The molecular weight excluding hydrogens is 570 g/mol. The lowest BCUT2D eigenvalue weighted by Crippen LogP contribution is -2.08. The summed E-state index contributed by atoms with van der Waals surface area (Å²) in [5.41, 5.74) is 11.5. The minimum Gasteiger partial charge on any atom is -0.258 e. The van der Waals surface area contributed by atoms with E-state index < -0.39 is 0 Å². The van der Waals surface area contributed by atoms with Crippen LogP contribution in [0, 0.1) is 10.1 Å². The van der Waals surface area contributed by atoms with Crippen molar-refractivity contribution in [2.24, 2.45) is 9.98 Å². The van der Waals surface area contributed by atoms with Gasteiger partial charge in [-0.25, -0.2) is 0 Å². The topological polar surface area (TPSA) is 93.6 Å². The Morgan fingerprint density at radius 2 is 1.04 bits per heavy atom. The van der Waals surface area contributed by atoms with Gasteiger partial charge < -0.3 is 0 Å². The molecule has 7 nitrogen and oxygen atoms in total. The predicted octanol–water partition coefficient (Wildman–Crippen LogP) is 9.32. The van der Waals surface area contributed by atoms with Crippen LogP contribution < -0.4 is 0 Å². The minimum absolute atomic E-state index is 0.0768. The zero-order chi connectivity index (χ0) is 32.5. The van der Waals surface area contributed by atoms with Crippen molar-refractivity contribution < 1.29 is 4.92 Å². The van der Waals surface area contributed by atoms with Crippen molar-refractivity contribution in [3.8, 4) is 0 Å². The van der Waals surface area contributed by atoms with Crippen LogP contribution in [0.3, 0.4) is 0 Å². The van der Waals surface area contributed by atoms with Gasteiger partial charge in [-0.05, 0) is 88.9 Å². The normalized spacial score (nSPS) is 12.2. The van der Waals surface area contributed by atoms with Gasteiger partial charge in [-0.1, -0.05) is 76.2 Å². The van der Waals surface area contributed by atoms with Crippen LogP contribution in [-0.2, 0) is 25.7 Å². The van der Waals surface area contributed by atoms with Gasteiger partial charge in [-0.15, -0.1) is 0 Å². The molecular formula is C39H39N5O2. The van der Waals surface area contributed by atoms with Crippen molar-refractivity contribution in [3.63, 3.8) is 0 Å². The lowest BCUT2D eigenvalue weighted by atomic mass is 9.81. The van der Waals surface area contributed by atoms with Gasteiger partial charge in [-0.2, -0.15) is 0 Å². The molecule has 0 saturated carbocycles. The van der Waals surface area contributed by atoms with Crippen LogP contribution in [0.5, 0.6) is 0 Å². The maximum atomic E-state index is 11.5. The Kier molecular flexibility index (Phi) is 10.6. The highest BCUT2D eigenvalue weighted by atomic mass is 16.6. The van der Waals surface area contributed by atoms with Crippen LogP contribution in [0.15, 0.2) is 107 Å². The zero-order valence-corrected chi connectivity index (χ0v) is 26.9. The molecule has 5 rings (SSSR count). The average Bonchev–Trinajstić information content (AvgIpc) is 3.10. The van der Waals surface area contributed by atoms with Gasteiger partial charge in [0.1, 0.15) is 0 Å². The number of hydrogen-bond donors (Lipinski definition) is 0. The number of non-ortho nitro benzene ring substituents is 1. The molecule has 0 N–H and O–H groups in total. The van der Waals surface area contributed by atoms with Gasteiger partial charge in [0.25, 0.3) is 5.69 Å². The van der Waals surface area contributed by atoms with E-state index in [2.05, 4.69) is 61.9 Å². The number of nitro groups is 1. The fourth-order valence-electron chi connectivity index (χ4n) is 5.85. The third kappa shape index (κ3) is 7.32. The van der Waals surface area contributed by atoms with E-state index in [1.165, 1.54) is 0 Å². The van der Waals surface area contributed by atoms with Crippen molar-refractivity contribution in [1.29, 1.82) is 0 Å². The third-order valence-corrected chi connectivity index (χ3v) is 8.24. The molecule has 0 aliphatic heterocycles. The van der Waals surface area contributed by atoms with Gasteiger partial charge in [0, 0.05) is 30.4 Å². The quantitative estimate of drug-likeness (QED) is 0.0610. The van der Waals surface area contributed by atoms with E-state index in [9.17, 15) is 10.1 Å². The summed E-state index contributed by atoms with van der Waals surface area (Å²) in [7, 11) is 0. The number of aromatic nitrogens is 2. The molecule has 0 amide bonds. The predicted molar refractivity (Wildman–Crippen MR) is 187 cm³/mol. The first-order chi connectivity index (χ1) is 22.4. The Balaban J connectivity index is 1.67.